The van der Waals surface area contributed by atoms with Gasteiger partial charge in [0.15, 0.2) is 0 Å². The van der Waals surface area contributed by atoms with E-state index in [0.717, 1.165) is 26.1 Å². The standard InChI is InChI=1S/C10H20N2O3/c1-3-12-5-4-9(8-12)11-10(13)15-7-6-14-2/h9H,3-8H2,1-2H3,(H,11,13)/t9-/m0/s1. The Labute approximate surface area is 90.7 Å². The topological polar surface area (TPSA) is 50.8 Å². The molecule has 1 N–H and O–H groups in total. The third kappa shape index (κ3) is 4.48. The van der Waals surface area contributed by atoms with Crippen molar-refractivity contribution in [3.63, 3.8) is 0 Å². The Balaban J connectivity index is 2.10. The van der Waals surface area contributed by atoms with Gasteiger partial charge in [-0.05, 0) is 13.0 Å². The maximum Gasteiger partial charge on any atom is 0.407 e. The van der Waals surface area contributed by atoms with Gasteiger partial charge in [-0.25, -0.2) is 4.79 Å². The SMILES string of the molecule is CCN1CC[C@H](NC(=O)OCCOC)C1. The zero-order chi connectivity index (χ0) is 11.1. The van der Waals surface area contributed by atoms with Crippen molar-refractivity contribution in [2.24, 2.45) is 0 Å². The molecule has 15 heavy (non-hydrogen) atoms. The minimum Gasteiger partial charge on any atom is -0.447 e. The van der Waals surface area contributed by atoms with Crippen LogP contribution in [0.5, 0.6) is 0 Å². The number of nitrogens with one attached hydrogen (secondary N) is 1. The van der Waals surface area contributed by atoms with Gasteiger partial charge < -0.3 is 19.7 Å². The van der Waals surface area contributed by atoms with Crippen molar-refractivity contribution in [3.8, 4) is 0 Å². The highest BCUT2D eigenvalue weighted by Crippen LogP contribution is 2.07. The summed E-state index contributed by atoms with van der Waals surface area (Å²) >= 11 is 0. The second-order valence-corrected chi connectivity index (χ2v) is 3.65. The number of ether oxygens (including phenoxy) is 2. The van der Waals surface area contributed by atoms with Gasteiger partial charge in [0.2, 0.25) is 0 Å². The largest absolute Gasteiger partial charge is 0.447 e. The van der Waals surface area contributed by atoms with Crippen LogP contribution in [0.3, 0.4) is 0 Å². The van der Waals surface area contributed by atoms with Crippen LogP contribution in [0.25, 0.3) is 0 Å². The van der Waals surface area contributed by atoms with E-state index >= 15 is 0 Å². The highest BCUT2D eigenvalue weighted by Gasteiger charge is 2.22. The lowest BCUT2D eigenvalue weighted by molar-refractivity contribution is 0.0965. The molecule has 0 bridgehead atoms. The molecular weight excluding hydrogens is 196 g/mol. The van der Waals surface area contributed by atoms with Crippen LogP contribution in [0.1, 0.15) is 13.3 Å². The van der Waals surface area contributed by atoms with Crippen LogP contribution in [0, 0.1) is 0 Å². The van der Waals surface area contributed by atoms with E-state index < -0.39 is 0 Å². The number of amides is 1. The number of alkyl carbamates (subject to hydrolysis) is 1. The van der Waals surface area contributed by atoms with Gasteiger partial charge >= 0.3 is 6.09 Å². The van der Waals surface area contributed by atoms with Crippen LogP contribution in [0.15, 0.2) is 0 Å². The molecule has 5 heteroatoms. The Bertz CT molecular complexity index is 199. The van der Waals surface area contributed by atoms with Gasteiger partial charge in [-0.2, -0.15) is 0 Å². The first kappa shape index (κ1) is 12.3. The molecule has 0 aromatic heterocycles. The summed E-state index contributed by atoms with van der Waals surface area (Å²) < 4.78 is 9.70. The molecule has 5 nitrogen and oxygen atoms in total. The van der Waals surface area contributed by atoms with Crippen molar-refractivity contribution in [2.75, 3.05) is 40.0 Å². The average molecular weight is 216 g/mol. The first-order chi connectivity index (χ1) is 7.26. The zero-order valence-electron chi connectivity index (χ0n) is 9.49. The smallest absolute Gasteiger partial charge is 0.407 e. The third-order valence-electron chi connectivity index (χ3n) is 2.56. The highest BCUT2D eigenvalue weighted by molar-refractivity contribution is 5.67. The van der Waals surface area contributed by atoms with E-state index in [-0.39, 0.29) is 12.1 Å². The quantitative estimate of drug-likeness (QED) is 0.678. The van der Waals surface area contributed by atoms with Gasteiger partial charge in [0.05, 0.1) is 6.61 Å². The van der Waals surface area contributed by atoms with Crippen molar-refractivity contribution in [3.05, 3.63) is 0 Å². The normalized spacial score (nSPS) is 21.6. The molecule has 1 fully saturated rings. The molecule has 0 radical (unpaired) electrons. The van der Waals surface area contributed by atoms with E-state index in [4.69, 9.17) is 9.47 Å². The zero-order valence-corrected chi connectivity index (χ0v) is 9.49. The predicted molar refractivity (Wildman–Crippen MR) is 56.9 cm³/mol. The summed E-state index contributed by atoms with van der Waals surface area (Å²) in [4.78, 5) is 13.6. The van der Waals surface area contributed by atoms with Gasteiger partial charge in [-0.15, -0.1) is 0 Å². The fourth-order valence-corrected chi connectivity index (χ4v) is 1.66. The molecule has 0 aromatic carbocycles. The number of carbonyl (C=O) groups is 1. The molecule has 0 spiro atoms. The Hall–Kier alpha value is -0.810. The average Bonchev–Trinajstić information content (AvgIpc) is 2.66. The van der Waals surface area contributed by atoms with Crippen LogP contribution in [-0.2, 0) is 9.47 Å². The summed E-state index contributed by atoms with van der Waals surface area (Å²) in [5, 5.41) is 2.84. The molecule has 1 amide bonds. The summed E-state index contributed by atoms with van der Waals surface area (Å²) in [6.45, 7) is 5.90. The molecule has 0 aliphatic carbocycles. The van der Waals surface area contributed by atoms with E-state index in [0.29, 0.717) is 13.2 Å². The maximum atomic E-state index is 11.3. The number of hydrogen-bond donors (Lipinski definition) is 1. The molecule has 0 unspecified atom stereocenters. The van der Waals surface area contributed by atoms with Gasteiger partial charge in [0.25, 0.3) is 0 Å². The van der Waals surface area contributed by atoms with Crippen LogP contribution < -0.4 is 5.32 Å². The van der Waals surface area contributed by atoms with E-state index in [1.165, 1.54) is 0 Å². The number of methoxy groups -OCH3 is 1. The Morgan fingerprint density at radius 3 is 2.93 bits per heavy atom. The van der Waals surface area contributed by atoms with Crippen LogP contribution in [0.2, 0.25) is 0 Å². The van der Waals surface area contributed by atoms with Crippen molar-refractivity contribution in [1.82, 2.24) is 10.2 Å². The lowest BCUT2D eigenvalue weighted by Gasteiger charge is -2.14. The minimum absolute atomic E-state index is 0.236. The lowest BCUT2D eigenvalue weighted by atomic mass is 10.3. The number of nitrogens with zero attached hydrogens (tertiary/aromatic N) is 1. The molecule has 1 aliphatic rings. The van der Waals surface area contributed by atoms with E-state index in [9.17, 15) is 4.79 Å². The molecule has 1 rings (SSSR count). The van der Waals surface area contributed by atoms with Crippen molar-refractivity contribution >= 4 is 6.09 Å². The fourth-order valence-electron chi connectivity index (χ4n) is 1.66. The molecule has 0 aromatic rings. The van der Waals surface area contributed by atoms with Gasteiger partial charge in [0.1, 0.15) is 6.61 Å². The van der Waals surface area contributed by atoms with Gasteiger partial charge in [0, 0.05) is 26.2 Å². The fraction of sp³-hybridized carbons (Fsp3) is 0.900. The Kier molecular flexibility index (Phi) is 5.42. The van der Waals surface area contributed by atoms with Gasteiger partial charge in [-0.1, -0.05) is 6.92 Å². The van der Waals surface area contributed by atoms with E-state index in [1.54, 1.807) is 7.11 Å². The monoisotopic (exact) mass is 216 g/mol. The Morgan fingerprint density at radius 2 is 2.33 bits per heavy atom. The Morgan fingerprint density at radius 1 is 1.53 bits per heavy atom. The van der Waals surface area contributed by atoms with Crippen molar-refractivity contribution in [2.45, 2.75) is 19.4 Å². The summed E-state index contributed by atoms with van der Waals surface area (Å²) in [6.07, 6.45) is 0.669. The van der Waals surface area contributed by atoms with Gasteiger partial charge in [-0.3, -0.25) is 0 Å². The van der Waals surface area contributed by atoms with Crippen LogP contribution >= 0.6 is 0 Å². The summed E-state index contributed by atoms with van der Waals surface area (Å²) in [5.74, 6) is 0. The number of likely N-dealkylation sites (tertiary alicyclic amines) is 1. The summed E-state index contributed by atoms with van der Waals surface area (Å²) in [5.41, 5.74) is 0. The van der Waals surface area contributed by atoms with Crippen molar-refractivity contribution in [1.29, 1.82) is 0 Å². The van der Waals surface area contributed by atoms with Crippen molar-refractivity contribution < 1.29 is 14.3 Å². The van der Waals surface area contributed by atoms with Crippen LogP contribution in [-0.4, -0.2) is 57.0 Å². The predicted octanol–water partition coefficient (Wildman–Crippen LogP) is 0.453. The molecule has 1 aliphatic heterocycles. The number of hydrogen-bond acceptors (Lipinski definition) is 4. The molecule has 1 saturated heterocycles. The summed E-state index contributed by atoms with van der Waals surface area (Å²) in [6, 6.07) is 0.236. The number of rotatable bonds is 5. The highest BCUT2D eigenvalue weighted by atomic mass is 16.6. The molecular formula is C10H20N2O3. The molecule has 1 atom stereocenters. The molecule has 88 valence electrons. The van der Waals surface area contributed by atoms with Crippen LogP contribution in [0.4, 0.5) is 4.79 Å². The number of carbonyl (C=O) groups excluding carboxylic acids is 1. The summed E-state index contributed by atoms with van der Waals surface area (Å²) in [7, 11) is 1.58. The third-order valence-corrected chi connectivity index (χ3v) is 2.56. The minimum atomic E-state index is -0.338. The lowest BCUT2D eigenvalue weighted by Crippen LogP contribution is -2.37. The first-order valence-corrected chi connectivity index (χ1v) is 5.40. The second kappa shape index (κ2) is 6.63. The molecule has 1 heterocycles. The van der Waals surface area contributed by atoms with E-state index in [1.807, 2.05) is 0 Å². The van der Waals surface area contributed by atoms with E-state index in [2.05, 4.69) is 17.1 Å². The first-order valence-electron chi connectivity index (χ1n) is 5.40. The second-order valence-electron chi connectivity index (χ2n) is 3.65. The number of likely N-dealkylation sites (N-methyl/N-ethyl adjacent to an activating group) is 1. The molecule has 0 saturated carbocycles. The maximum absolute atomic E-state index is 11.3.